The third kappa shape index (κ3) is 4.90. The fourth-order valence-corrected chi connectivity index (χ4v) is 3.84. The van der Waals surface area contributed by atoms with Crippen LogP contribution in [0.2, 0.25) is 5.02 Å². The summed E-state index contributed by atoms with van der Waals surface area (Å²) in [6, 6.07) is 16.0. The first kappa shape index (κ1) is 21.8. The van der Waals surface area contributed by atoms with E-state index in [-0.39, 0.29) is 11.7 Å². The third-order valence-corrected chi connectivity index (χ3v) is 5.61. The van der Waals surface area contributed by atoms with Gasteiger partial charge in [0.2, 0.25) is 11.7 Å². The van der Waals surface area contributed by atoms with Gasteiger partial charge in [0, 0.05) is 34.6 Å². The van der Waals surface area contributed by atoms with Crippen LogP contribution < -0.4 is 14.8 Å². The van der Waals surface area contributed by atoms with Crippen LogP contribution in [0.25, 0.3) is 17.3 Å². The first-order valence-corrected chi connectivity index (χ1v) is 10.8. The van der Waals surface area contributed by atoms with Gasteiger partial charge >= 0.3 is 0 Å². The molecule has 0 unspecified atom stereocenters. The highest BCUT2D eigenvalue weighted by Gasteiger charge is 2.19. The van der Waals surface area contributed by atoms with E-state index in [9.17, 15) is 4.79 Å². The normalized spacial score (nSPS) is 10.7. The summed E-state index contributed by atoms with van der Waals surface area (Å²) in [5, 5.41) is 12.5. The molecule has 32 heavy (non-hydrogen) atoms. The summed E-state index contributed by atoms with van der Waals surface area (Å²) < 4.78 is 17.8. The number of hydrogen-bond acceptors (Lipinski definition) is 7. The fourth-order valence-electron chi connectivity index (χ4n) is 2.96. The molecule has 1 amide bonds. The molecule has 2 heterocycles. The number of carbonyl (C=O) groups is 1. The van der Waals surface area contributed by atoms with Gasteiger partial charge in [-0.1, -0.05) is 23.4 Å². The molecule has 0 fully saturated rings. The van der Waals surface area contributed by atoms with E-state index < -0.39 is 0 Å². The van der Waals surface area contributed by atoms with Crippen LogP contribution in [0.5, 0.6) is 11.5 Å². The zero-order chi connectivity index (χ0) is 22.5. The molecule has 0 aliphatic heterocycles. The van der Waals surface area contributed by atoms with Crippen LogP contribution in [0.4, 0.5) is 5.69 Å². The van der Waals surface area contributed by atoms with Crippen LogP contribution in [0.1, 0.15) is 0 Å². The Morgan fingerprint density at radius 2 is 1.81 bits per heavy atom. The molecule has 10 heteroatoms. The SMILES string of the molecule is COc1cc(NC(=O)CSc2nnc(-c3ccco3)n2-c2ccc(Cl)cc2)cc(OC)c1. The second-order valence-corrected chi connectivity index (χ2v) is 7.91. The van der Waals surface area contributed by atoms with Crippen molar-refractivity contribution in [2.45, 2.75) is 5.16 Å². The van der Waals surface area contributed by atoms with Crippen molar-refractivity contribution < 1.29 is 18.7 Å². The van der Waals surface area contributed by atoms with E-state index in [1.807, 2.05) is 16.7 Å². The molecular formula is C22H19ClN4O4S. The number of aromatic nitrogens is 3. The van der Waals surface area contributed by atoms with Gasteiger partial charge in [-0.2, -0.15) is 0 Å². The molecule has 4 rings (SSSR count). The van der Waals surface area contributed by atoms with Crippen molar-refractivity contribution in [2.75, 3.05) is 25.3 Å². The second kappa shape index (κ2) is 9.80. The van der Waals surface area contributed by atoms with Crippen molar-refractivity contribution in [1.82, 2.24) is 14.8 Å². The molecule has 8 nitrogen and oxygen atoms in total. The Bertz CT molecular complexity index is 1190. The van der Waals surface area contributed by atoms with Gasteiger partial charge in [0.15, 0.2) is 10.9 Å². The molecule has 0 spiro atoms. The maximum atomic E-state index is 12.6. The maximum Gasteiger partial charge on any atom is 0.234 e. The molecule has 164 valence electrons. The lowest BCUT2D eigenvalue weighted by Gasteiger charge is -2.11. The summed E-state index contributed by atoms with van der Waals surface area (Å²) in [4.78, 5) is 12.6. The Morgan fingerprint density at radius 3 is 2.44 bits per heavy atom. The van der Waals surface area contributed by atoms with Gasteiger partial charge in [-0.05, 0) is 36.4 Å². The number of rotatable bonds is 8. The highest BCUT2D eigenvalue weighted by atomic mass is 35.5. The van der Waals surface area contributed by atoms with E-state index in [1.54, 1.807) is 62.9 Å². The Hall–Kier alpha value is -3.43. The zero-order valence-electron chi connectivity index (χ0n) is 17.2. The standard InChI is InChI=1S/C22H19ClN4O4S/c1-29-17-10-15(11-18(12-17)30-2)24-20(28)13-32-22-26-25-21(19-4-3-9-31-19)27(22)16-7-5-14(23)6-8-16/h3-12H,13H2,1-2H3,(H,24,28). The lowest BCUT2D eigenvalue weighted by Crippen LogP contribution is -2.14. The second-order valence-electron chi connectivity index (χ2n) is 6.53. The summed E-state index contributed by atoms with van der Waals surface area (Å²) in [6.45, 7) is 0. The molecule has 0 aliphatic rings. The number of ether oxygens (including phenoxy) is 2. The van der Waals surface area contributed by atoms with Crippen LogP contribution in [-0.4, -0.2) is 40.6 Å². The predicted octanol–water partition coefficient (Wildman–Crippen LogP) is 4.93. The number of anilines is 1. The molecule has 1 N–H and O–H groups in total. The average Bonchev–Trinajstić information content (AvgIpc) is 3.48. The van der Waals surface area contributed by atoms with Crippen molar-refractivity contribution in [3.05, 3.63) is 65.9 Å². The van der Waals surface area contributed by atoms with Gasteiger partial charge in [0.1, 0.15) is 11.5 Å². The summed E-state index contributed by atoms with van der Waals surface area (Å²) in [5.41, 5.74) is 1.37. The topological polar surface area (TPSA) is 91.4 Å². The molecule has 0 bridgehead atoms. The van der Waals surface area contributed by atoms with E-state index in [0.29, 0.717) is 39.0 Å². The molecule has 0 atom stereocenters. The lowest BCUT2D eigenvalue weighted by molar-refractivity contribution is -0.113. The third-order valence-electron chi connectivity index (χ3n) is 4.43. The number of nitrogens with one attached hydrogen (secondary N) is 1. The minimum absolute atomic E-state index is 0.114. The van der Waals surface area contributed by atoms with Crippen molar-refractivity contribution in [2.24, 2.45) is 0 Å². The summed E-state index contributed by atoms with van der Waals surface area (Å²) in [6.07, 6.45) is 1.57. The zero-order valence-corrected chi connectivity index (χ0v) is 18.8. The molecule has 4 aromatic rings. The minimum Gasteiger partial charge on any atom is -0.497 e. The highest BCUT2D eigenvalue weighted by molar-refractivity contribution is 7.99. The van der Waals surface area contributed by atoms with E-state index >= 15 is 0 Å². The van der Waals surface area contributed by atoms with E-state index in [4.69, 9.17) is 25.5 Å². The fraction of sp³-hybridized carbons (Fsp3) is 0.136. The van der Waals surface area contributed by atoms with Crippen LogP contribution in [0.15, 0.2) is 70.4 Å². The van der Waals surface area contributed by atoms with Gasteiger partial charge in [-0.25, -0.2) is 0 Å². The van der Waals surface area contributed by atoms with Crippen LogP contribution in [0.3, 0.4) is 0 Å². The van der Waals surface area contributed by atoms with Gasteiger partial charge < -0.3 is 19.2 Å². The smallest absolute Gasteiger partial charge is 0.234 e. The number of furan rings is 1. The average molecular weight is 471 g/mol. The number of hydrogen-bond donors (Lipinski definition) is 1. The number of thioether (sulfide) groups is 1. The molecule has 0 radical (unpaired) electrons. The molecule has 0 saturated heterocycles. The predicted molar refractivity (Wildman–Crippen MR) is 123 cm³/mol. The van der Waals surface area contributed by atoms with Crippen molar-refractivity contribution in [1.29, 1.82) is 0 Å². The van der Waals surface area contributed by atoms with Crippen molar-refractivity contribution >= 4 is 35.0 Å². The Labute approximate surface area is 193 Å². The molecule has 0 aliphatic carbocycles. The molecule has 0 saturated carbocycles. The first-order valence-electron chi connectivity index (χ1n) is 9.48. The van der Waals surface area contributed by atoms with Gasteiger partial charge in [-0.15, -0.1) is 10.2 Å². The van der Waals surface area contributed by atoms with Gasteiger partial charge in [0.05, 0.1) is 26.2 Å². The number of halogens is 1. The maximum absolute atomic E-state index is 12.6. The monoisotopic (exact) mass is 470 g/mol. The number of amides is 1. The van der Waals surface area contributed by atoms with Crippen LogP contribution in [0, 0.1) is 0 Å². The summed E-state index contributed by atoms with van der Waals surface area (Å²) in [7, 11) is 3.10. The first-order chi connectivity index (χ1) is 15.6. The quantitative estimate of drug-likeness (QED) is 0.365. The number of carbonyl (C=O) groups excluding carboxylic acids is 1. The van der Waals surface area contributed by atoms with E-state index in [1.165, 1.54) is 11.8 Å². The Kier molecular flexibility index (Phi) is 6.67. The molecule has 2 aromatic heterocycles. The highest BCUT2D eigenvalue weighted by Crippen LogP contribution is 2.30. The number of methoxy groups -OCH3 is 2. The van der Waals surface area contributed by atoms with E-state index in [2.05, 4.69) is 15.5 Å². The van der Waals surface area contributed by atoms with Gasteiger partial charge in [-0.3, -0.25) is 9.36 Å². The summed E-state index contributed by atoms with van der Waals surface area (Å²) in [5.74, 6) is 2.15. The van der Waals surface area contributed by atoms with Crippen molar-refractivity contribution in [3.63, 3.8) is 0 Å². The minimum atomic E-state index is -0.212. The Balaban J connectivity index is 1.55. The largest absolute Gasteiger partial charge is 0.497 e. The summed E-state index contributed by atoms with van der Waals surface area (Å²) >= 11 is 7.29. The lowest BCUT2D eigenvalue weighted by atomic mass is 10.2. The van der Waals surface area contributed by atoms with Crippen LogP contribution >= 0.6 is 23.4 Å². The van der Waals surface area contributed by atoms with Gasteiger partial charge in [0.25, 0.3) is 0 Å². The molecule has 2 aromatic carbocycles. The van der Waals surface area contributed by atoms with E-state index in [0.717, 1.165) is 5.69 Å². The Morgan fingerprint density at radius 1 is 1.09 bits per heavy atom. The number of benzene rings is 2. The van der Waals surface area contributed by atoms with Crippen LogP contribution in [-0.2, 0) is 4.79 Å². The van der Waals surface area contributed by atoms with Crippen molar-refractivity contribution in [3.8, 4) is 28.8 Å². The molecular weight excluding hydrogens is 452 g/mol. The number of nitrogens with zero attached hydrogens (tertiary/aromatic N) is 3.